The molecule has 0 radical (unpaired) electrons. The van der Waals surface area contributed by atoms with Crippen molar-refractivity contribution in [3.8, 4) is 0 Å². The highest BCUT2D eigenvalue weighted by atomic mass is 16.2. The fourth-order valence-electron chi connectivity index (χ4n) is 2.28. The van der Waals surface area contributed by atoms with Gasteiger partial charge in [-0.2, -0.15) is 0 Å². The van der Waals surface area contributed by atoms with Crippen molar-refractivity contribution in [3.05, 3.63) is 29.8 Å². The van der Waals surface area contributed by atoms with E-state index in [1.165, 1.54) is 0 Å². The lowest BCUT2D eigenvalue weighted by Crippen LogP contribution is -2.53. The molecule has 1 saturated heterocycles. The molecule has 1 aliphatic rings. The molecule has 92 valence electrons. The Kier molecular flexibility index (Phi) is 3.33. The summed E-state index contributed by atoms with van der Waals surface area (Å²) in [6.07, 6.45) is 0. The molecule has 4 nitrogen and oxygen atoms in total. The maximum absolute atomic E-state index is 12.2. The van der Waals surface area contributed by atoms with Gasteiger partial charge >= 0.3 is 6.03 Å². The molecule has 1 aromatic carbocycles. The number of nitrogens with zero attached hydrogens (tertiary/aromatic N) is 2. The molecule has 0 aromatic heterocycles. The third-order valence-electron chi connectivity index (χ3n) is 3.27. The monoisotopic (exact) mass is 233 g/mol. The molecule has 0 spiro atoms. The summed E-state index contributed by atoms with van der Waals surface area (Å²) >= 11 is 0. The summed E-state index contributed by atoms with van der Waals surface area (Å²) in [5.41, 5.74) is 7.83. The number of benzene rings is 1. The molecule has 1 fully saturated rings. The van der Waals surface area contributed by atoms with E-state index in [0.29, 0.717) is 19.0 Å². The first kappa shape index (κ1) is 11.9. The van der Waals surface area contributed by atoms with Crippen LogP contribution in [0.5, 0.6) is 0 Å². The fraction of sp³-hybridized carbons (Fsp3) is 0.462. The maximum atomic E-state index is 12.2. The lowest BCUT2D eigenvalue weighted by Gasteiger charge is -2.38. The number of carbonyl (C=O) groups excluding carboxylic acids is 1. The van der Waals surface area contributed by atoms with E-state index in [-0.39, 0.29) is 6.03 Å². The lowest BCUT2D eigenvalue weighted by molar-refractivity contribution is 0.194. The van der Waals surface area contributed by atoms with Gasteiger partial charge in [0.2, 0.25) is 0 Å². The van der Waals surface area contributed by atoms with E-state index >= 15 is 0 Å². The molecule has 1 atom stereocenters. The van der Waals surface area contributed by atoms with Crippen molar-refractivity contribution in [1.29, 1.82) is 0 Å². The van der Waals surface area contributed by atoms with Gasteiger partial charge in [0, 0.05) is 31.7 Å². The second-order valence-corrected chi connectivity index (χ2v) is 4.66. The first-order valence-electron chi connectivity index (χ1n) is 5.91. The van der Waals surface area contributed by atoms with Crippen molar-refractivity contribution >= 4 is 11.7 Å². The van der Waals surface area contributed by atoms with Gasteiger partial charge in [0.15, 0.2) is 0 Å². The van der Waals surface area contributed by atoms with Crippen molar-refractivity contribution in [2.24, 2.45) is 11.7 Å². The summed E-state index contributed by atoms with van der Waals surface area (Å²) in [4.78, 5) is 15.7. The van der Waals surface area contributed by atoms with E-state index in [1.807, 2.05) is 43.1 Å². The number of carbonyl (C=O) groups is 1. The summed E-state index contributed by atoms with van der Waals surface area (Å²) < 4.78 is 0. The summed E-state index contributed by atoms with van der Waals surface area (Å²) in [7, 11) is 1.83. The van der Waals surface area contributed by atoms with Crippen LogP contribution in [0.3, 0.4) is 0 Å². The molecule has 1 heterocycles. The van der Waals surface area contributed by atoms with Gasteiger partial charge in [-0.25, -0.2) is 4.79 Å². The first-order chi connectivity index (χ1) is 8.13. The number of amides is 2. The van der Waals surface area contributed by atoms with Crippen LogP contribution in [0.4, 0.5) is 10.5 Å². The molecular formula is C13H19N3O. The van der Waals surface area contributed by atoms with E-state index in [4.69, 9.17) is 5.73 Å². The van der Waals surface area contributed by atoms with Crippen molar-refractivity contribution in [3.63, 3.8) is 0 Å². The van der Waals surface area contributed by atoms with Crippen LogP contribution in [-0.4, -0.2) is 37.6 Å². The zero-order chi connectivity index (χ0) is 12.4. The van der Waals surface area contributed by atoms with Gasteiger partial charge in [0.05, 0.1) is 0 Å². The molecule has 1 aromatic rings. The minimum atomic E-state index is 0.0593. The number of aryl methyl sites for hydroxylation is 1. The molecule has 0 aliphatic carbocycles. The second-order valence-electron chi connectivity index (χ2n) is 4.66. The van der Waals surface area contributed by atoms with Crippen LogP contribution in [0.25, 0.3) is 0 Å². The summed E-state index contributed by atoms with van der Waals surface area (Å²) in [5.74, 6) is 0.345. The zero-order valence-electron chi connectivity index (χ0n) is 10.4. The zero-order valence-corrected chi connectivity index (χ0v) is 10.4. The Morgan fingerprint density at radius 1 is 1.35 bits per heavy atom. The SMILES string of the molecule is Cc1ccccc1N1CC(CN)CN(C)C1=O. The molecule has 2 N–H and O–H groups in total. The van der Waals surface area contributed by atoms with E-state index in [0.717, 1.165) is 17.8 Å². The van der Waals surface area contributed by atoms with Gasteiger partial charge in [0.1, 0.15) is 0 Å². The molecule has 2 amide bonds. The lowest BCUT2D eigenvalue weighted by atomic mass is 10.0. The van der Waals surface area contributed by atoms with Gasteiger partial charge in [-0.3, -0.25) is 4.90 Å². The predicted octanol–water partition coefficient (Wildman–Crippen LogP) is 1.44. The standard InChI is InChI=1S/C13H19N3O/c1-10-5-3-4-6-12(10)16-9-11(7-14)8-15(2)13(16)17/h3-6,11H,7-9,14H2,1-2H3. The summed E-state index contributed by atoms with van der Waals surface area (Å²) in [5, 5.41) is 0. The number of urea groups is 1. The maximum Gasteiger partial charge on any atom is 0.324 e. The average molecular weight is 233 g/mol. The summed E-state index contributed by atoms with van der Waals surface area (Å²) in [6.45, 7) is 4.09. The highest BCUT2D eigenvalue weighted by Gasteiger charge is 2.30. The number of nitrogens with two attached hydrogens (primary N) is 1. The predicted molar refractivity (Wildman–Crippen MR) is 69.1 cm³/mol. The fourth-order valence-corrected chi connectivity index (χ4v) is 2.28. The van der Waals surface area contributed by atoms with Crippen LogP contribution < -0.4 is 10.6 Å². The Balaban J connectivity index is 2.30. The molecule has 1 aliphatic heterocycles. The van der Waals surface area contributed by atoms with Crippen LogP contribution in [0.1, 0.15) is 5.56 Å². The largest absolute Gasteiger partial charge is 0.330 e. The number of hydrogen-bond donors (Lipinski definition) is 1. The van der Waals surface area contributed by atoms with Crippen LogP contribution in [0.15, 0.2) is 24.3 Å². The van der Waals surface area contributed by atoms with Gasteiger partial charge in [-0.05, 0) is 25.1 Å². The molecule has 17 heavy (non-hydrogen) atoms. The third kappa shape index (κ3) is 2.26. The normalized spacial score (nSPS) is 20.9. The van der Waals surface area contributed by atoms with E-state index < -0.39 is 0 Å². The number of para-hydroxylation sites is 1. The highest BCUT2D eigenvalue weighted by Crippen LogP contribution is 2.24. The Morgan fingerprint density at radius 3 is 2.71 bits per heavy atom. The topological polar surface area (TPSA) is 49.6 Å². The minimum absolute atomic E-state index is 0.0593. The molecular weight excluding hydrogens is 214 g/mol. The first-order valence-corrected chi connectivity index (χ1v) is 5.91. The van der Waals surface area contributed by atoms with Gasteiger partial charge in [0.25, 0.3) is 0 Å². The van der Waals surface area contributed by atoms with Crippen LogP contribution >= 0.6 is 0 Å². The Bertz CT molecular complexity index is 419. The third-order valence-corrected chi connectivity index (χ3v) is 3.27. The highest BCUT2D eigenvalue weighted by molar-refractivity contribution is 5.93. The van der Waals surface area contributed by atoms with Crippen molar-refractivity contribution < 1.29 is 4.79 Å². The quantitative estimate of drug-likeness (QED) is 0.840. The molecule has 1 unspecified atom stereocenters. The number of hydrogen-bond acceptors (Lipinski definition) is 2. The van der Waals surface area contributed by atoms with Crippen molar-refractivity contribution in [1.82, 2.24) is 4.90 Å². The smallest absolute Gasteiger partial charge is 0.324 e. The van der Waals surface area contributed by atoms with Crippen molar-refractivity contribution in [2.75, 3.05) is 31.6 Å². The van der Waals surface area contributed by atoms with Crippen molar-refractivity contribution in [2.45, 2.75) is 6.92 Å². The average Bonchev–Trinajstić information content (AvgIpc) is 2.33. The Labute approximate surface area is 102 Å². The number of anilines is 1. The Morgan fingerprint density at radius 2 is 2.06 bits per heavy atom. The molecule has 4 heteroatoms. The Hall–Kier alpha value is -1.55. The van der Waals surface area contributed by atoms with Gasteiger partial charge in [-0.1, -0.05) is 18.2 Å². The second kappa shape index (κ2) is 4.75. The van der Waals surface area contributed by atoms with E-state index in [1.54, 1.807) is 4.90 Å². The number of rotatable bonds is 2. The minimum Gasteiger partial charge on any atom is -0.330 e. The van der Waals surface area contributed by atoms with Gasteiger partial charge < -0.3 is 10.6 Å². The van der Waals surface area contributed by atoms with E-state index in [9.17, 15) is 4.79 Å². The van der Waals surface area contributed by atoms with Crippen LogP contribution in [0, 0.1) is 12.8 Å². The molecule has 0 saturated carbocycles. The van der Waals surface area contributed by atoms with Crippen LogP contribution in [-0.2, 0) is 0 Å². The van der Waals surface area contributed by atoms with E-state index in [2.05, 4.69) is 0 Å². The van der Waals surface area contributed by atoms with Crippen LogP contribution in [0.2, 0.25) is 0 Å². The summed E-state index contributed by atoms with van der Waals surface area (Å²) in [6, 6.07) is 8.01. The van der Waals surface area contributed by atoms with Gasteiger partial charge in [-0.15, -0.1) is 0 Å². The molecule has 0 bridgehead atoms. The molecule has 2 rings (SSSR count).